The van der Waals surface area contributed by atoms with Crippen molar-refractivity contribution in [3.05, 3.63) is 52.5 Å². The third-order valence-corrected chi connectivity index (χ3v) is 6.09. The van der Waals surface area contributed by atoms with Crippen LogP contribution in [-0.4, -0.2) is 32.4 Å². The zero-order valence-corrected chi connectivity index (χ0v) is 18.8. The van der Waals surface area contributed by atoms with Crippen molar-refractivity contribution in [2.24, 2.45) is 0 Å². The minimum Gasteiger partial charge on any atom is -0.336 e. The molecule has 0 N–H and O–H groups in total. The normalized spacial score (nSPS) is 13.4. The van der Waals surface area contributed by atoms with E-state index >= 15 is 0 Å². The molecule has 0 fully saturated rings. The van der Waals surface area contributed by atoms with Crippen molar-refractivity contribution in [3.63, 3.8) is 0 Å². The summed E-state index contributed by atoms with van der Waals surface area (Å²) in [5.41, 5.74) is 2.51. The Morgan fingerprint density at radius 1 is 1.07 bits per heavy atom. The lowest BCUT2D eigenvalue weighted by Gasteiger charge is -2.34. The minimum atomic E-state index is 0.0863. The molecule has 0 aliphatic carbocycles. The van der Waals surface area contributed by atoms with E-state index in [1.165, 1.54) is 0 Å². The molecule has 0 aliphatic rings. The van der Waals surface area contributed by atoms with Gasteiger partial charge in [0.05, 0.1) is 16.1 Å². The van der Waals surface area contributed by atoms with Crippen LogP contribution in [0.3, 0.4) is 0 Å². The highest BCUT2D eigenvalue weighted by Gasteiger charge is 2.26. The molecule has 1 heterocycles. The van der Waals surface area contributed by atoms with Crippen molar-refractivity contribution >= 4 is 40.1 Å². The number of fused-ring (bicyclic) bond motifs is 1. The number of benzene rings is 2. The van der Waals surface area contributed by atoms with Crippen molar-refractivity contribution in [1.82, 2.24) is 14.5 Å². The Bertz CT molecular complexity index is 1000. The van der Waals surface area contributed by atoms with Crippen LogP contribution in [0, 0.1) is 0 Å². The molecule has 4 nitrogen and oxygen atoms in total. The number of hydrogen-bond donors (Lipinski definition) is 0. The predicted octanol–water partition coefficient (Wildman–Crippen LogP) is 6.44. The first-order valence-corrected chi connectivity index (χ1v) is 10.8. The predicted molar refractivity (Wildman–Crippen MR) is 122 cm³/mol. The quantitative estimate of drug-likeness (QED) is 0.431. The summed E-state index contributed by atoms with van der Waals surface area (Å²) in [4.78, 5) is 20.2. The van der Waals surface area contributed by atoms with Gasteiger partial charge < -0.3 is 9.47 Å². The smallest absolute Gasteiger partial charge is 0.243 e. The lowest BCUT2D eigenvalue weighted by molar-refractivity contribution is -0.136. The van der Waals surface area contributed by atoms with Crippen LogP contribution in [0.5, 0.6) is 0 Å². The average molecular weight is 432 g/mol. The number of amides is 1. The van der Waals surface area contributed by atoms with Crippen LogP contribution in [0.4, 0.5) is 0 Å². The van der Waals surface area contributed by atoms with Crippen LogP contribution in [0.1, 0.15) is 40.5 Å². The second-order valence-electron chi connectivity index (χ2n) is 7.45. The van der Waals surface area contributed by atoms with Gasteiger partial charge in [0.2, 0.25) is 5.91 Å². The van der Waals surface area contributed by atoms with Gasteiger partial charge in [-0.2, -0.15) is 0 Å². The maximum Gasteiger partial charge on any atom is 0.243 e. The summed E-state index contributed by atoms with van der Waals surface area (Å²) in [6.07, 6.45) is 1.83. The van der Waals surface area contributed by atoms with E-state index in [1.54, 1.807) is 12.1 Å². The Kier molecular flexibility index (Phi) is 6.86. The van der Waals surface area contributed by atoms with E-state index in [1.807, 2.05) is 39.8 Å². The van der Waals surface area contributed by atoms with E-state index in [-0.39, 0.29) is 24.5 Å². The molecule has 0 bridgehead atoms. The molecule has 0 saturated heterocycles. The summed E-state index contributed by atoms with van der Waals surface area (Å²) in [5, 5.41) is 1.08. The number of para-hydroxylation sites is 2. The van der Waals surface area contributed by atoms with Gasteiger partial charge in [-0.05, 0) is 57.0 Å². The Morgan fingerprint density at radius 2 is 1.72 bits per heavy atom. The fourth-order valence-electron chi connectivity index (χ4n) is 3.65. The van der Waals surface area contributed by atoms with E-state index < -0.39 is 0 Å². The summed E-state index contributed by atoms with van der Waals surface area (Å²) in [7, 11) is 0. The van der Waals surface area contributed by atoms with E-state index in [9.17, 15) is 4.79 Å². The molecule has 2 unspecified atom stereocenters. The number of hydrogen-bond acceptors (Lipinski definition) is 2. The highest BCUT2D eigenvalue weighted by atomic mass is 35.5. The lowest BCUT2D eigenvalue weighted by atomic mass is 10.1. The fraction of sp³-hybridized carbons (Fsp3) is 0.391. The summed E-state index contributed by atoms with van der Waals surface area (Å²) in [5.74, 6) is 0.762. The van der Waals surface area contributed by atoms with Crippen LogP contribution >= 0.6 is 23.2 Å². The van der Waals surface area contributed by atoms with Gasteiger partial charge in [-0.3, -0.25) is 4.79 Å². The average Bonchev–Trinajstić information content (AvgIpc) is 3.06. The molecule has 3 rings (SSSR count). The molecule has 0 spiro atoms. The summed E-state index contributed by atoms with van der Waals surface area (Å²) in [6.45, 7) is 8.64. The molecule has 2 aromatic carbocycles. The number of halogens is 2. The van der Waals surface area contributed by atoms with E-state index in [0.29, 0.717) is 15.9 Å². The second-order valence-corrected chi connectivity index (χ2v) is 8.29. The Hall–Kier alpha value is -2.04. The molecule has 0 aliphatic heterocycles. The van der Waals surface area contributed by atoms with E-state index in [2.05, 4.69) is 27.7 Å². The topological polar surface area (TPSA) is 38.1 Å². The Morgan fingerprint density at radius 3 is 2.34 bits per heavy atom. The molecular weight excluding hydrogens is 405 g/mol. The van der Waals surface area contributed by atoms with Gasteiger partial charge in [0, 0.05) is 22.7 Å². The monoisotopic (exact) mass is 431 g/mol. The third kappa shape index (κ3) is 4.44. The molecule has 1 amide bonds. The minimum absolute atomic E-state index is 0.0863. The first kappa shape index (κ1) is 21.7. The molecule has 154 valence electrons. The Balaban J connectivity index is 2.09. The zero-order valence-electron chi connectivity index (χ0n) is 17.3. The summed E-state index contributed by atoms with van der Waals surface area (Å²) >= 11 is 12.6. The van der Waals surface area contributed by atoms with Crippen LogP contribution in [-0.2, 0) is 11.3 Å². The zero-order chi connectivity index (χ0) is 21.1. The maximum absolute atomic E-state index is 13.4. The summed E-state index contributed by atoms with van der Waals surface area (Å²) in [6, 6.07) is 13.5. The summed E-state index contributed by atoms with van der Waals surface area (Å²) < 4.78 is 1.96. The lowest BCUT2D eigenvalue weighted by Crippen LogP contribution is -2.45. The molecule has 0 radical (unpaired) electrons. The SMILES string of the molecule is CCC(C)N(C(=O)Cn1c(-c2ccc(Cl)cc2Cl)nc2ccccc21)C(C)CC. The van der Waals surface area contributed by atoms with Crippen LogP contribution in [0.25, 0.3) is 22.4 Å². The van der Waals surface area contributed by atoms with Crippen LogP contribution in [0.2, 0.25) is 10.0 Å². The van der Waals surface area contributed by atoms with Gasteiger partial charge >= 0.3 is 0 Å². The third-order valence-electron chi connectivity index (χ3n) is 5.54. The Labute approximate surface area is 182 Å². The van der Waals surface area contributed by atoms with Gasteiger partial charge in [-0.15, -0.1) is 0 Å². The van der Waals surface area contributed by atoms with E-state index in [0.717, 1.165) is 29.4 Å². The first-order chi connectivity index (χ1) is 13.9. The van der Waals surface area contributed by atoms with Gasteiger partial charge in [-0.25, -0.2) is 4.98 Å². The molecule has 29 heavy (non-hydrogen) atoms. The van der Waals surface area contributed by atoms with Gasteiger partial charge in [0.15, 0.2) is 0 Å². The number of carbonyl (C=O) groups excluding carboxylic acids is 1. The van der Waals surface area contributed by atoms with Crippen molar-refractivity contribution < 1.29 is 4.79 Å². The number of nitrogens with zero attached hydrogens (tertiary/aromatic N) is 3. The molecule has 1 aromatic heterocycles. The fourth-order valence-corrected chi connectivity index (χ4v) is 4.14. The van der Waals surface area contributed by atoms with Crippen LogP contribution in [0.15, 0.2) is 42.5 Å². The van der Waals surface area contributed by atoms with E-state index in [4.69, 9.17) is 28.2 Å². The van der Waals surface area contributed by atoms with Crippen molar-refractivity contribution in [2.45, 2.75) is 59.2 Å². The van der Waals surface area contributed by atoms with Gasteiger partial charge in [0.25, 0.3) is 0 Å². The molecule has 2 atom stereocenters. The highest BCUT2D eigenvalue weighted by molar-refractivity contribution is 6.36. The largest absolute Gasteiger partial charge is 0.336 e. The van der Waals surface area contributed by atoms with Crippen LogP contribution < -0.4 is 0 Å². The highest BCUT2D eigenvalue weighted by Crippen LogP contribution is 2.32. The molecule has 3 aromatic rings. The number of imidazole rings is 1. The molecule has 6 heteroatoms. The standard InChI is InChI=1S/C23H27Cl2N3O/c1-5-15(3)28(16(4)6-2)22(29)14-27-21-10-8-7-9-20(21)26-23(27)18-12-11-17(24)13-19(18)25/h7-13,15-16H,5-6,14H2,1-4H3. The first-order valence-electron chi connectivity index (χ1n) is 10.1. The molecule has 0 saturated carbocycles. The van der Waals surface area contributed by atoms with Crippen molar-refractivity contribution in [1.29, 1.82) is 0 Å². The maximum atomic E-state index is 13.4. The number of aromatic nitrogens is 2. The van der Waals surface area contributed by atoms with Gasteiger partial charge in [-0.1, -0.05) is 49.2 Å². The van der Waals surface area contributed by atoms with Crippen molar-refractivity contribution in [3.8, 4) is 11.4 Å². The number of carbonyl (C=O) groups is 1. The second kappa shape index (κ2) is 9.19. The number of rotatable bonds is 7. The van der Waals surface area contributed by atoms with Crippen molar-refractivity contribution in [2.75, 3.05) is 0 Å². The molecular formula is C23H27Cl2N3O. The van der Waals surface area contributed by atoms with Gasteiger partial charge in [0.1, 0.15) is 12.4 Å².